The molecule has 2 aromatic rings. The molecule has 0 saturated carbocycles. The van der Waals surface area contributed by atoms with Crippen molar-refractivity contribution in [1.82, 2.24) is 0 Å². The Morgan fingerprint density at radius 2 is 1.16 bits per heavy atom. The highest BCUT2D eigenvalue weighted by atomic mass is 16.6. The standard InChI is InChI=1S/C31H43NO6/c1-2-3-4-5-6-7-8-13-18-31(38-20-19-32)25-36-29-16-11-9-14-27(29)34-23-21-33-22-24-35-28-15-10-12-17-30(28)37-26-31/h9-12,14-17H,2-8,13,18,20-26H2,1H3. The minimum Gasteiger partial charge on any atom is -0.487 e. The van der Waals surface area contributed by atoms with E-state index in [9.17, 15) is 5.26 Å². The number of nitrogens with zero attached hydrogens (tertiary/aromatic N) is 1. The second-order valence-electron chi connectivity index (χ2n) is 9.63. The van der Waals surface area contributed by atoms with Crippen molar-refractivity contribution in [3.63, 3.8) is 0 Å². The predicted molar refractivity (Wildman–Crippen MR) is 147 cm³/mol. The van der Waals surface area contributed by atoms with Gasteiger partial charge in [0.15, 0.2) is 23.0 Å². The van der Waals surface area contributed by atoms with Crippen molar-refractivity contribution >= 4 is 0 Å². The van der Waals surface area contributed by atoms with E-state index in [0.29, 0.717) is 55.8 Å². The maximum absolute atomic E-state index is 9.37. The molecular formula is C31H43NO6. The SMILES string of the molecule is CCCCCCCCCCC1(OCC#N)COc2ccccc2OCCOCCOc2ccccc2OC1. The fourth-order valence-corrected chi connectivity index (χ4v) is 4.43. The van der Waals surface area contributed by atoms with Crippen molar-refractivity contribution in [3.05, 3.63) is 48.5 Å². The fraction of sp³-hybridized carbons (Fsp3) is 0.581. The van der Waals surface area contributed by atoms with Gasteiger partial charge in [0.2, 0.25) is 0 Å². The zero-order valence-corrected chi connectivity index (χ0v) is 22.8. The summed E-state index contributed by atoms with van der Waals surface area (Å²) >= 11 is 0. The van der Waals surface area contributed by atoms with E-state index >= 15 is 0 Å². The second-order valence-corrected chi connectivity index (χ2v) is 9.63. The van der Waals surface area contributed by atoms with Crippen LogP contribution in [0.2, 0.25) is 0 Å². The Morgan fingerprint density at radius 1 is 0.684 bits per heavy atom. The van der Waals surface area contributed by atoms with Gasteiger partial charge in [0.1, 0.15) is 38.6 Å². The van der Waals surface area contributed by atoms with Crippen LogP contribution in [0.5, 0.6) is 23.0 Å². The maximum Gasteiger partial charge on any atom is 0.161 e. The minimum atomic E-state index is -0.807. The van der Waals surface area contributed by atoms with Gasteiger partial charge in [-0.2, -0.15) is 5.26 Å². The normalized spacial score (nSPS) is 15.9. The van der Waals surface area contributed by atoms with Gasteiger partial charge in [-0.1, -0.05) is 82.6 Å². The van der Waals surface area contributed by atoms with Crippen LogP contribution in [0.3, 0.4) is 0 Å². The summed E-state index contributed by atoms with van der Waals surface area (Å²) in [6, 6.07) is 17.3. The van der Waals surface area contributed by atoms with E-state index in [1.165, 1.54) is 38.5 Å². The third-order valence-corrected chi connectivity index (χ3v) is 6.58. The van der Waals surface area contributed by atoms with E-state index in [1.54, 1.807) is 0 Å². The molecule has 0 amide bonds. The van der Waals surface area contributed by atoms with Crippen molar-refractivity contribution in [2.45, 2.75) is 70.3 Å². The molecule has 0 fully saturated rings. The molecule has 2 aromatic carbocycles. The van der Waals surface area contributed by atoms with Crippen molar-refractivity contribution in [3.8, 4) is 29.1 Å². The zero-order chi connectivity index (χ0) is 26.7. The molecular weight excluding hydrogens is 482 g/mol. The van der Waals surface area contributed by atoms with Gasteiger partial charge in [-0.05, 0) is 30.7 Å². The van der Waals surface area contributed by atoms with Gasteiger partial charge in [0.05, 0.1) is 19.3 Å². The molecule has 0 saturated heterocycles. The average molecular weight is 526 g/mol. The Balaban J connectivity index is 1.76. The summed E-state index contributed by atoms with van der Waals surface area (Å²) in [4.78, 5) is 0. The number of hydrogen-bond acceptors (Lipinski definition) is 7. The molecule has 0 aliphatic carbocycles. The van der Waals surface area contributed by atoms with Crippen LogP contribution in [0.1, 0.15) is 64.7 Å². The van der Waals surface area contributed by atoms with Crippen molar-refractivity contribution in [2.75, 3.05) is 46.2 Å². The summed E-state index contributed by atoms with van der Waals surface area (Å²) < 4.78 is 36.3. The molecule has 0 unspecified atom stereocenters. The Kier molecular flexibility index (Phi) is 13.7. The second kappa shape index (κ2) is 17.5. The predicted octanol–water partition coefficient (Wildman–Crippen LogP) is 6.74. The van der Waals surface area contributed by atoms with Crippen LogP contribution >= 0.6 is 0 Å². The van der Waals surface area contributed by atoms with E-state index in [-0.39, 0.29) is 19.8 Å². The minimum absolute atomic E-state index is 0.0443. The summed E-state index contributed by atoms with van der Waals surface area (Å²) in [5, 5.41) is 9.37. The Bertz CT molecular complexity index is 904. The van der Waals surface area contributed by atoms with Gasteiger partial charge in [0, 0.05) is 0 Å². The zero-order valence-electron chi connectivity index (χ0n) is 22.8. The molecule has 0 atom stereocenters. The van der Waals surface area contributed by atoms with Crippen molar-refractivity contribution in [1.29, 1.82) is 5.26 Å². The number of benzene rings is 2. The van der Waals surface area contributed by atoms with E-state index in [4.69, 9.17) is 28.4 Å². The molecule has 0 aromatic heterocycles. The lowest BCUT2D eigenvalue weighted by Gasteiger charge is -2.33. The molecule has 3 rings (SSSR count). The number of para-hydroxylation sites is 4. The first kappa shape index (κ1) is 29.6. The molecule has 1 aliphatic rings. The first-order valence-electron chi connectivity index (χ1n) is 14.0. The molecule has 1 aliphatic heterocycles. The van der Waals surface area contributed by atoms with E-state index in [0.717, 1.165) is 12.8 Å². The highest BCUT2D eigenvalue weighted by Gasteiger charge is 2.34. The van der Waals surface area contributed by atoms with Crippen LogP contribution in [0, 0.1) is 11.3 Å². The van der Waals surface area contributed by atoms with Gasteiger partial charge >= 0.3 is 0 Å². The molecule has 0 N–H and O–H groups in total. The van der Waals surface area contributed by atoms with Crippen molar-refractivity contribution in [2.24, 2.45) is 0 Å². The number of rotatable bonds is 11. The summed E-state index contributed by atoms with van der Waals surface area (Å²) in [5.74, 6) is 2.55. The average Bonchev–Trinajstić information content (AvgIpc) is 2.95. The highest BCUT2D eigenvalue weighted by Crippen LogP contribution is 2.32. The lowest BCUT2D eigenvalue weighted by Crippen LogP contribution is -2.45. The van der Waals surface area contributed by atoms with Gasteiger partial charge in [-0.25, -0.2) is 0 Å². The molecule has 38 heavy (non-hydrogen) atoms. The number of ether oxygens (including phenoxy) is 6. The van der Waals surface area contributed by atoms with Crippen LogP contribution in [0.4, 0.5) is 0 Å². The fourth-order valence-electron chi connectivity index (χ4n) is 4.43. The first-order valence-corrected chi connectivity index (χ1v) is 14.0. The number of nitriles is 1. The lowest BCUT2D eigenvalue weighted by atomic mass is 9.96. The topological polar surface area (TPSA) is 79.2 Å². The Hall–Kier alpha value is -2.95. The smallest absolute Gasteiger partial charge is 0.161 e. The molecule has 7 heteroatoms. The van der Waals surface area contributed by atoms with E-state index < -0.39 is 5.60 Å². The monoisotopic (exact) mass is 525 g/mol. The summed E-state index contributed by atoms with van der Waals surface area (Å²) in [6.07, 6.45) is 10.4. The van der Waals surface area contributed by atoms with Gasteiger partial charge in [-0.3, -0.25) is 0 Å². The molecule has 7 nitrogen and oxygen atoms in total. The van der Waals surface area contributed by atoms with E-state index in [1.807, 2.05) is 48.5 Å². The third-order valence-electron chi connectivity index (χ3n) is 6.58. The number of fused-ring (bicyclic) bond motifs is 2. The quantitative estimate of drug-likeness (QED) is 0.301. The molecule has 0 spiro atoms. The maximum atomic E-state index is 9.37. The largest absolute Gasteiger partial charge is 0.487 e. The third kappa shape index (κ3) is 10.4. The van der Waals surface area contributed by atoms with Crippen LogP contribution in [0.15, 0.2) is 48.5 Å². The van der Waals surface area contributed by atoms with Crippen molar-refractivity contribution < 1.29 is 28.4 Å². The van der Waals surface area contributed by atoms with Crippen LogP contribution in [-0.2, 0) is 9.47 Å². The lowest BCUT2D eigenvalue weighted by molar-refractivity contribution is -0.0925. The van der Waals surface area contributed by atoms with E-state index in [2.05, 4.69) is 13.0 Å². The first-order chi connectivity index (χ1) is 18.8. The summed E-state index contributed by atoms with van der Waals surface area (Å²) in [7, 11) is 0. The summed E-state index contributed by atoms with van der Waals surface area (Å²) in [6.45, 7) is 4.31. The Labute approximate surface area is 227 Å². The van der Waals surface area contributed by atoms with Crippen LogP contribution in [0.25, 0.3) is 0 Å². The number of unbranched alkanes of at least 4 members (excludes halogenated alkanes) is 7. The van der Waals surface area contributed by atoms with Crippen LogP contribution in [-0.4, -0.2) is 51.8 Å². The van der Waals surface area contributed by atoms with Gasteiger partial charge < -0.3 is 28.4 Å². The van der Waals surface area contributed by atoms with Gasteiger partial charge in [-0.15, -0.1) is 0 Å². The molecule has 1 heterocycles. The molecule has 208 valence electrons. The summed E-state index contributed by atoms with van der Waals surface area (Å²) in [5.41, 5.74) is -0.807. The van der Waals surface area contributed by atoms with Crippen LogP contribution < -0.4 is 18.9 Å². The van der Waals surface area contributed by atoms with Gasteiger partial charge in [0.25, 0.3) is 0 Å². The molecule has 0 radical (unpaired) electrons. The molecule has 0 bridgehead atoms. The number of hydrogen-bond donors (Lipinski definition) is 0. The highest BCUT2D eigenvalue weighted by molar-refractivity contribution is 5.40. The Morgan fingerprint density at radius 3 is 1.66 bits per heavy atom.